The molecule has 1 saturated carbocycles. The highest BCUT2D eigenvalue weighted by atomic mass is 35.5. The molecule has 116 valence electrons. The number of carbonyl (C=O) groups is 1. The molecule has 0 bridgehead atoms. The van der Waals surface area contributed by atoms with Gasteiger partial charge in [-0.25, -0.2) is 5.06 Å². The normalized spacial score (nSPS) is 20.5. The van der Waals surface area contributed by atoms with Gasteiger partial charge in [-0.1, -0.05) is 23.7 Å². The first kappa shape index (κ1) is 15.0. The molecule has 3 rings (SSSR count). The molecule has 1 aliphatic carbocycles. The van der Waals surface area contributed by atoms with E-state index < -0.39 is 0 Å². The zero-order valence-corrected chi connectivity index (χ0v) is 13.0. The van der Waals surface area contributed by atoms with Gasteiger partial charge in [0.1, 0.15) is 12.7 Å². The molecule has 0 N–H and O–H groups in total. The minimum atomic E-state index is -0.0142. The van der Waals surface area contributed by atoms with E-state index in [2.05, 4.69) is 10.2 Å². The zero-order chi connectivity index (χ0) is 15.5. The maximum Gasteiger partial charge on any atom is 0.249 e. The van der Waals surface area contributed by atoms with Crippen molar-refractivity contribution in [1.82, 2.24) is 19.8 Å². The van der Waals surface area contributed by atoms with Crippen molar-refractivity contribution in [1.29, 1.82) is 0 Å². The molecule has 1 aromatic carbocycles. The number of benzene rings is 1. The van der Waals surface area contributed by atoms with Gasteiger partial charge < -0.3 is 4.57 Å². The molecule has 1 aromatic heterocycles. The number of aromatic nitrogens is 3. The Bertz CT molecular complexity index is 624. The molecule has 1 fully saturated rings. The molecule has 2 aromatic rings. The highest BCUT2D eigenvalue weighted by Crippen LogP contribution is 2.38. The van der Waals surface area contributed by atoms with Crippen molar-refractivity contribution in [2.45, 2.75) is 25.4 Å². The molecule has 1 amide bonds. The maximum atomic E-state index is 12.5. The van der Waals surface area contributed by atoms with Crippen LogP contribution in [-0.2, 0) is 16.2 Å². The molecule has 0 unspecified atom stereocenters. The van der Waals surface area contributed by atoms with Crippen molar-refractivity contribution in [3.05, 3.63) is 47.5 Å². The summed E-state index contributed by atoms with van der Waals surface area (Å²) < 4.78 is 1.94. The molecular formula is C15H17ClN4O2. The second-order valence-electron chi connectivity index (χ2n) is 5.42. The van der Waals surface area contributed by atoms with Crippen LogP contribution in [0, 0.1) is 5.92 Å². The third-order valence-corrected chi connectivity index (χ3v) is 4.28. The van der Waals surface area contributed by atoms with Crippen LogP contribution in [0.5, 0.6) is 0 Å². The average molecular weight is 321 g/mol. The van der Waals surface area contributed by atoms with Gasteiger partial charge in [0.05, 0.1) is 13.7 Å². The van der Waals surface area contributed by atoms with Crippen LogP contribution >= 0.6 is 11.6 Å². The first-order valence-corrected chi connectivity index (χ1v) is 7.49. The maximum absolute atomic E-state index is 12.5. The lowest BCUT2D eigenvalue weighted by atomic mass is 9.79. The van der Waals surface area contributed by atoms with E-state index in [9.17, 15) is 4.79 Å². The third-order valence-electron chi connectivity index (χ3n) is 4.03. The first-order chi connectivity index (χ1) is 10.7. The summed E-state index contributed by atoms with van der Waals surface area (Å²) in [5.74, 6) is 0.00132. The van der Waals surface area contributed by atoms with Crippen molar-refractivity contribution in [2.24, 2.45) is 5.92 Å². The predicted octanol–water partition coefficient (Wildman–Crippen LogP) is 2.47. The van der Waals surface area contributed by atoms with Crippen molar-refractivity contribution in [2.75, 3.05) is 7.11 Å². The summed E-state index contributed by atoms with van der Waals surface area (Å²) in [5, 5.41) is 9.67. The molecule has 0 radical (unpaired) electrons. The second kappa shape index (κ2) is 6.46. The van der Waals surface area contributed by atoms with Crippen molar-refractivity contribution < 1.29 is 9.63 Å². The Morgan fingerprint density at radius 2 is 1.95 bits per heavy atom. The summed E-state index contributed by atoms with van der Waals surface area (Å²) in [6, 6.07) is 7.70. The Kier molecular flexibility index (Phi) is 4.40. The Labute approximate surface area is 133 Å². The van der Waals surface area contributed by atoms with E-state index in [4.69, 9.17) is 16.4 Å². The van der Waals surface area contributed by atoms with Gasteiger partial charge in [-0.15, -0.1) is 10.2 Å². The molecule has 0 atom stereocenters. The average Bonchev–Trinajstić information content (AvgIpc) is 2.99. The Morgan fingerprint density at radius 1 is 1.32 bits per heavy atom. The molecule has 0 aliphatic heterocycles. The Balaban J connectivity index is 1.57. The van der Waals surface area contributed by atoms with Gasteiger partial charge in [-0.3, -0.25) is 9.63 Å². The number of hydrogen-bond acceptors (Lipinski definition) is 4. The monoisotopic (exact) mass is 320 g/mol. The van der Waals surface area contributed by atoms with Crippen molar-refractivity contribution >= 4 is 17.5 Å². The molecular weight excluding hydrogens is 304 g/mol. The van der Waals surface area contributed by atoms with Crippen molar-refractivity contribution in [3.63, 3.8) is 0 Å². The topological polar surface area (TPSA) is 60.2 Å². The van der Waals surface area contributed by atoms with E-state index in [1.54, 1.807) is 24.8 Å². The van der Waals surface area contributed by atoms with Crippen LogP contribution in [-0.4, -0.2) is 32.8 Å². The minimum Gasteiger partial charge on any atom is -0.317 e. The fraction of sp³-hybridized carbons (Fsp3) is 0.400. The summed E-state index contributed by atoms with van der Waals surface area (Å²) >= 11 is 5.87. The lowest BCUT2D eigenvalue weighted by molar-refractivity contribution is -0.187. The molecule has 1 aliphatic rings. The number of amides is 1. The summed E-state index contributed by atoms with van der Waals surface area (Å²) in [5.41, 5.74) is 0.981. The summed E-state index contributed by atoms with van der Waals surface area (Å²) in [6.45, 7) is 0.417. The lowest BCUT2D eigenvalue weighted by Gasteiger charge is -2.37. The molecule has 0 saturated heterocycles. The number of nitrogens with zero attached hydrogens (tertiary/aromatic N) is 4. The van der Waals surface area contributed by atoms with E-state index in [1.165, 1.54) is 12.2 Å². The highest BCUT2D eigenvalue weighted by molar-refractivity contribution is 6.30. The highest BCUT2D eigenvalue weighted by Gasteiger charge is 2.38. The fourth-order valence-corrected chi connectivity index (χ4v) is 2.75. The van der Waals surface area contributed by atoms with Crippen LogP contribution < -0.4 is 0 Å². The van der Waals surface area contributed by atoms with Gasteiger partial charge in [-0.05, 0) is 30.5 Å². The molecule has 1 heterocycles. The van der Waals surface area contributed by atoms with E-state index in [-0.39, 0.29) is 11.8 Å². The molecule has 22 heavy (non-hydrogen) atoms. The van der Waals surface area contributed by atoms with Gasteiger partial charge in [0.25, 0.3) is 0 Å². The SMILES string of the molecule is CON(Cc1ccc(Cl)cc1)C(=O)C1CC(n2cnnc2)C1. The minimum absolute atomic E-state index is 0.0142. The van der Waals surface area contributed by atoms with Crippen molar-refractivity contribution in [3.8, 4) is 0 Å². The van der Waals surface area contributed by atoms with Gasteiger partial charge in [0.15, 0.2) is 0 Å². The van der Waals surface area contributed by atoms with Crippen LogP contribution in [0.4, 0.5) is 0 Å². The number of hydroxylamine groups is 2. The molecule has 0 spiro atoms. The smallest absolute Gasteiger partial charge is 0.249 e. The van der Waals surface area contributed by atoms with Crippen LogP contribution in [0.25, 0.3) is 0 Å². The van der Waals surface area contributed by atoms with Crippen LogP contribution in [0.1, 0.15) is 24.4 Å². The van der Waals surface area contributed by atoms with E-state index in [0.717, 1.165) is 18.4 Å². The lowest BCUT2D eigenvalue weighted by Crippen LogP contribution is -2.41. The van der Waals surface area contributed by atoms with Crippen LogP contribution in [0.15, 0.2) is 36.9 Å². The number of halogens is 1. The number of rotatable bonds is 5. The standard InChI is InChI=1S/C15H17ClN4O2/c1-22-20(8-11-2-4-13(16)5-3-11)15(21)12-6-14(7-12)19-9-17-18-10-19/h2-5,9-10,12,14H,6-8H2,1H3. The first-order valence-electron chi connectivity index (χ1n) is 7.11. The van der Waals surface area contributed by atoms with Gasteiger partial charge in [0, 0.05) is 17.0 Å². The zero-order valence-electron chi connectivity index (χ0n) is 12.2. The summed E-state index contributed by atoms with van der Waals surface area (Å²) in [7, 11) is 1.52. The van der Waals surface area contributed by atoms with Crippen LogP contribution in [0.3, 0.4) is 0 Å². The van der Waals surface area contributed by atoms with E-state index in [1.807, 2.05) is 16.7 Å². The Hall–Kier alpha value is -1.92. The van der Waals surface area contributed by atoms with Crippen LogP contribution in [0.2, 0.25) is 5.02 Å². The quantitative estimate of drug-likeness (QED) is 0.794. The van der Waals surface area contributed by atoms with E-state index >= 15 is 0 Å². The largest absolute Gasteiger partial charge is 0.317 e. The third kappa shape index (κ3) is 3.13. The summed E-state index contributed by atoms with van der Waals surface area (Å²) in [4.78, 5) is 17.7. The molecule has 6 nitrogen and oxygen atoms in total. The molecule has 7 heteroatoms. The summed E-state index contributed by atoms with van der Waals surface area (Å²) in [6.07, 6.45) is 4.95. The number of hydrogen-bond donors (Lipinski definition) is 0. The second-order valence-corrected chi connectivity index (χ2v) is 5.85. The van der Waals surface area contributed by atoms with E-state index in [0.29, 0.717) is 17.6 Å². The van der Waals surface area contributed by atoms with Gasteiger partial charge >= 0.3 is 0 Å². The predicted molar refractivity (Wildman–Crippen MR) is 80.8 cm³/mol. The Morgan fingerprint density at radius 3 is 2.55 bits per heavy atom. The fourth-order valence-electron chi connectivity index (χ4n) is 2.62. The number of carbonyl (C=O) groups excluding carboxylic acids is 1. The van der Waals surface area contributed by atoms with Gasteiger partial charge in [0.2, 0.25) is 5.91 Å². The van der Waals surface area contributed by atoms with Gasteiger partial charge in [-0.2, -0.15) is 0 Å².